The van der Waals surface area contributed by atoms with Crippen molar-refractivity contribution in [2.24, 2.45) is 0 Å². The van der Waals surface area contributed by atoms with Gasteiger partial charge in [-0.25, -0.2) is 0 Å². The lowest BCUT2D eigenvalue weighted by Crippen LogP contribution is -2.27. The number of carbonyl (C=O) groups is 1. The zero-order valence-electron chi connectivity index (χ0n) is 9.59. The molecule has 0 unspecified atom stereocenters. The SMILES string of the molecule is CC(C)c1cnc2c(c1)NC(=O)C2(C)C. The van der Waals surface area contributed by atoms with E-state index in [1.807, 2.05) is 26.1 Å². The Balaban J connectivity index is 2.51. The molecule has 0 bridgehead atoms. The fraction of sp³-hybridized carbons (Fsp3) is 0.500. The summed E-state index contributed by atoms with van der Waals surface area (Å²) in [5.74, 6) is 0.467. The number of fused-ring (bicyclic) bond motifs is 1. The monoisotopic (exact) mass is 204 g/mol. The van der Waals surface area contributed by atoms with E-state index in [1.54, 1.807) is 0 Å². The first-order valence-corrected chi connectivity index (χ1v) is 5.25. The van der Waals surface area contributed by atoms with Crippen molar-refractivity contribution in [3.05, 3.63) is 23.5 Å². The number of nitrogens with one attached hydrogen (secondary N) is 1. The number of hydrogen-bond acceptors (Lipinski definition) is 2. The minimum absolute atomic E-state index is 0.0332. The fourth-order valence-electron chi connectivity index (χ4n) is 1.78. The molecule has 0 atom stereocenters. The fourth-order valence-corrected chi connectivity index (χ4v) is 1.78. The third-order valence-corrected chi connectivity index (χ3v) is 2.98. The molecule has 0 aliphatic carbocycles. The molecule has 1 N–H and O–H groups in total. The van der Waals surface area contributed by atoms with Crippen molar-refractivity contribution in [1.29, 1.82) is 0 Å². The molecular formula is C12H16N2O. The number of pyridine rings is 1. The molecule has 1 amide bonds. The maximum Gasteiger partial charge on any atom is 0.236 e. The van der Waals surface area contributed by atoms with Crippen molar-refractivity contribution >= 4 is 11.6 Å². The van der Waals surface area contributed by atoms with E-state index in [0.29, 0.717) is 5.92 Å². The Morgan fingerprint density at radius 2 is 2.07 bits per heavy atom. The minimum Gasteiger partial charge on any atom is -0.324 e. The summed E-state index contributed by atoms with van der Waals surface area (Å²) in [6, 6.07) is 2.03. The topological polar surface area (TPSA) is 42.0 Å². The summed E-state index contributed by atoms with van der Waals surface area (Å²) < 4.78 is 0. The Morgan fingerprint density at radius 3 is 2.67 bits per heavy atom. The summed E-state index contributed by atoms with van der Waals surface area (Å²) in [7, 11) is 0. The minimum atomic E-state index is -0.495. The van der Waals surface area contributed by atoms with E-state index in [4.69, 9.17) is 0 Å². The molecule has 0 saturated heterocycles. The predicted molar refractivity (Wildman–Crippen MR) is 60.0 cm³/mol. The molecule has 0 spiro atoms. The Labute approximate surface area is 89.9 Å². The highest BCUT2D eigenvalue weighted by Gasteiger charge is 2.39. The van der Waals surface area contributed by atoms with E-state index in [2.05, 4.69) is 24.1 Å². The van der Waals surface area contributed by atoms with E-state index < -0.39 is 5.41 Å². The van der Waals surface area contributed by atoms with Crippen LogP contribution >= 0.6 is 0 Å². The average Bonchev–Trinajstić information content (AvgIpc) is 2.38. The average molecular weight is 204 g/mol. The molecule has 3 heteroatoms. The van der Waals surface area contributed by atoms with Crippen molar-refractivity contribution in [1.82, 2.24) is 4.98 Å². The standard InChI is InChI=1S/C12H16N2O/c1-7(2)8-5-9-10(13-6-8)12(3,4)11(15)14-9/h5-7H,1-4H3,(H,14,15). The lowest BCUT2D eigenvalue weighted by molar-refractivity contribution is -0.119. The number of carbonyl (C=O) groups excluding carboxylic acids is 1. The Morgan fingerprint density at radius 1 is 1.40 bits per heavy atom. The summed E-state index contributed by atoms with van der Waals surface area (Å²) in [6.45, 7) is 8.03. The van der Waals surface area contributed by atoms with Crippen molar-refractivity contribution in [3.8, 4) is 0 Å². The number of anilines is 1. The van der Waals surface area contributed by atoms with Crippen LogP contribution in [0.25, 0.3) is 0 Å². The molecule has 1 aromatic rings. The predicted octanol–water partition coefficient (Wildman–Crippen LogP) is 2.43. The van der Waals surface area contributed by atoms with Gasteiger partial charge in [0.1, 0.15) is 0 Å². The Kier molecular flexibility index (Phi) is 2.07. The van der Waals surface area contributed by atoms with Crippen molar-refractivity contribution in [2.75, 3.05) is 5.32 Å². The first-order chi connectivity index (χ1) is 6.93. The molecule has 0 aromatic carbocycles. The molecule has 1 aliphatic heterocycles. The van der Waals surface area contributed by atoms with Gasteiger partial charge in [0.15, 0.2) is 0 Å². The smallest absolute Gasteiger partial charge is 0.236 e. The van der Waals surface area contributed by atoms with Crippen LogP contribution < -0.4 is 5.32 Å². The second-order valence-electron chi connectivity index (χ2n) is 4.90. The third kappa shape index (κ3) is 1.42. The van der Waals surface area contributed by atoms with Gasteiger partial charge in [-0.1, -0.05) is 13.8 Å². The molecule has 1 aromatic heterocycles. The van der Waals surface area contributed by atoms with Gasteiger partial charge in [0.25, 0.3) is 0 Å². The number of rotatable bonds is 1. The summed E-state index contributed by atoms with van der Waals surface area (Å²) in [6.07, 6.45) is 1.87. The quantitative estimate of drug-likeness (QED) is 0.763. The summed E-state index contributed by atoms with van der Waals surface area (Å²) in [5, 5.41) is 2.88. The highest BCUT2D eigenvalue weighted by Crippen LogP contribution is 2.36. The molecule has 0 saturated carbocycles. The normalized spacial score (nSPS) is 17.8. The van der Waals surface area contributed by atoms with Gasteiger partial charge in [-0.3, -0.25) is 9.78 Å². The van der Waals surface area contributed by atoms with E-state index in [9.17, 15) is 4.79 Å². The molecule has 1 aliphatic rings. The van der Waals surface area contributed by atoms with E-state index in [-0.39, 0.29) is 5.91 Å². The summed E-state index contributed by atoms with van der Waals surface area (Å²) in [5.41, 5.74) is 2.39. The van der Waals surface area contributed by atoms with Crippen LogP contribution in [0.15, 0.2) is 12.3 Å². The van der Waals surface area contributed by atoms with Gasteiger partial charge in [0.2, 0.25) is 5.91 Å². The molecular weight excluding hydrogens is 188 g/mol. The van der Waals surface area contributed by atoms with Crippen LogP contribution in [0.2, 0.25) is 0 Å². The maximum absolute atomic E-state index is 11.7. The van der Waals surface area contributed by atoms with E-state index >= 15 is 0 Å². The van der Waals surface area contributed by atoms with Crippen LogP contribution in [0.3, 0.4) is 0 Å². The van der Waals surface area contributed by atoms with Crippen LogP contribution in [-0.2, 0) is 10.2 Å². The van der Waals surface area contributed by atoms with Crippen LogP contribution in [0.1, 0.15) is 44.9 Å². The lowest BCUT2D eigenvalue weighted by Gasteiger charge is -2.14. The molecule has 80 valence electrons. The van der Waals surface area contributed by atoms with Crippen LogP contribution in [0.5, 0.6) is 0 Å². The van der Waals surface area contributed by atoms with Crippen molar-refractivity contribution in [3.63, 3.8) is 0 Å². The molecule has 2 heterocycles. The molecule has 2 rings (SSSR count). The van der Waals surface area contributed by atoms with Crippen LogP contribution in [0, 0.1) is 0 Å². The number of amides is 1. The van der Waals surface area contributed by atoms with Crippen LogP contribution in [-0.4, -0.2) is 10.9 Å². The van der Waals surface area contributed by atoms with Crippen LogP contribution in [0.4, 0.5) is 5.69 Å². The van der Waals surface area contributed by atoms with Gasteiger partial charge >= 0.3 is 0 Å². The first-order valence-electron chi connectivity index (χ1n) is 5.25. The highest BCUT2D eigenvalue weighted by atomic mass is 16.2. The highest BCUT2D eigenvalue weighted by molar-refractivity contribution is 6.04. The van der Waals surface area contributed by atoms with Crippen molar-refractivity contribution in [2.45, 2.75) is 39.0 Å². The van der Waals surface area contributed by atoms with Gasteiger partial charge in [-0.2, -0.15) is 0 Å². The third-order valence-electron chi connectivity index (χ3n) is 2.98. The van der Waals surface area contributed by atoms with Gasteiger partial charge in [0.05, 0.1) is 16.8 Å². The Bertz CT molecular complexity index is 422. The Hall–Kier alpha value is -1.38. The molecule has 0 fully saturated rings. The molecule has 15 heavy (non-hydrogen) atoms. The maximum atomic E-state index is 11.7. The van der Waals surface area contributed by atoms with Crippen molar-refractivity contribution < 1.29 is 4.79 Å². The zero-order chi connectivity index (χ0) is 11.2. The van der Waals surface area contributed by atoms with Gasteiger partial charge in [0, 0.05) is 6.20 Å². The summed E-state index contributed by atoms with van der Waals surface area (Å²) >= 11 is 0. The number of nitrogens with zero attached hydrogens (tertiary/aromatic N) is 1. The molecule has 0 radical (unpaired) electrons. The first kappa shape index (κ1) is 10.1. The largest absolute Gasteiger partial charge is 0.324 e. The second kappa shape index (κ2) is 3.05. The second-order valence-corrected chi connectivity index (χ2v) is 4.90. The van der Waals surface area contributed by atoms with E-state index in [0.717, 1.165) is 16.9 Å². The molecule has 3 nitrogen and oxygen atoms in total. The van der Waals surface area contributed by atoms with Gasteiger partial charge in [-0.15, -0.1) is 0 Å². The zero-order valence-corrected chi connectivity index (χ0v) is 9.59. The lowest BCUT2D eigenvalue weighted by atomic mass is 9.90. The number of hydrogen-bond donors (Lipinski definition) is 1. The summed E-state index contributed by atoms with van der Waals surface area (Å²) in [4.78, 5) is 16.1. The van der Waals surface area contributed by atoms with Gasteiger partial charge < -0.3 is 5.32 Å². The van der Waals surface area contributed by atoms with Gasteiger partial charge in [-0.05, 0) is 31.4 Å². The number of aromatic nitrogens is 1. The van der Waals surface area contributed by atoms with E-state index in [1.165, 1.54) is 0 Å².